The maximum atomic E-state index is 9.77. The Labute approximate surface area is 300 Å². The van der Waals surface area contributed by atoms with Crippen LogP contribution in [0.4, 0.5) is 0 Å². The molecule has 0 saturated carbocycles. The molecule has 48 heavy (non-hydrogen) atoms. The minimum atomic E-state index is -1.14. The van der Waals surface area contributed by atoms with Crippen molar-refractivity contribution in [2.24, 2.45) is 0 Å². The SMILES string of the molecule is CCCCCCCCCCCCCCCCCC[NH3+].CCCCCCCCCCCCCCCCCC[NH3+].O=C([O-])CCCCC(=O)[O-]. The van der Waals surface area contributed by atoms with E-state index in [4.69, 9.17) is 0 Å². The van der Waals surface area contributed by atoms with Crippen LogP contribution in [-0.4, -0.2) is 25.0 Å². The molecular formula is C42H88N2O4. The predicted octanol–water partition coefficient (Wildman–Crippen LogP) is 9.03. The normalized spacial score (nSPS) is 10.7. The van der Waals surface area contributed by atoms with Crippen molar-refractivity contribution in [1.82, 2.24) is 0 Å². The molecule has 290 valence electrons. The molecule has 6 heteroatoms. The molecule has 0 aromatic carbocycles. The highest BCUT2D eigenvalue weighted by molar-refractivity contribution is 5.65. The van der Waals surface area contributed by atoms with Crippen LogP contribution in [0.15, 0.2) is 0 Å². The van der Waals surface area contributed by atoms with Crippen LogP contribution < -0.4 is 21.7 Å². The van der Waals surface area contributed by atoms with E-state index in [1.165, 1.54) is 205 Å². The van der Waals surface area contributed by atoms with E-state index in [0.717, 1.165) is 13.1 Å². The Hall–Kier alpha value is -1.14. The Kier molecular flexibility index (Phi) is 53.6. The Morgan fingerprint density at radius 1 is 0.312 bits per heavy atom. The number of carbonyl (C=O) groups excluding carboxylic acids is 2. The number of carboxylic acids is 2. The number of carboxylic acid groups (broad SMARTS) is 2. The van der Waals surface area contributed by atoms with Crippen LogP contribution >= 0.6 is 0 Å². The fourth-order valence-electron chi connectivity index (χ4n) is 5.99. The van der Waals surface area contributed by atoms with Crippen molar-refractivity contribution in [1.29, 1.82) is 0 Å². The molecule has 0 aromatic heterocycles. The molecule has 0 amide bonds. The van der Waals surface area contributed by atoms with E-state index in [9.17, 15) is 19.8 Å². The molecule has 0 aliphatic carbocycles. The minimum Gasteiger partial charge on any atom is -0.550 e. The summed E-state index contributed by atoms with van der Waals surface area (Å²) in [6, 6.07) is 0. The molecule has 6 N–H and O–H groups in total. The molecule has 0 atom stereocenters. The Morgan fingerprint density at radius 2 is 0.479 bits per heavy atom. The van der Waals surface area contributed by atoms with Gasteiger partial charge in [0.1, 0.15) is 0 Å². The Bertz CT molecular complexity index is 506. The van der Waals surface area contributed by atoms with Crippen molar-refractivity contribution < 1.29 is 31.3 Å². The zero-order chi connectivity index (χ0) is 36.0. The average molecular weight is 685 g/mol. The highest BCUT2D eigenvalue weighted by Crippen LogP contribution is 2.15. The van der Waals surface area contributed by atoms with Crippen LogP contribution in [0.2, 0.25) is 0 Å². The molecule has 0 radical (unpaired) electrons. The van der Waals surface area contributed by atoms with Crippen LogP contribution in [0, 0.1) is 0 Å². The van der Waals surface area contributed by atoms with Crippen LogP contribution in [0.5, 0.6) is 0 Å². The number of hydrogen-bond donors (Lipinski definition) is 2. The van der Waals surface area contributed by atoms with Gasteiger partial charge in [0.15, 0.2) is 0 Å². The van der Waals surface area contributed by atoms with E-state index in [1.807, 2.05) is 0 Å². The van der Waals surface area contributed by atoms with E-state index in [-0.39, 0.29) is 12.8 Å². The maximum absolute atomic E-state index is 9.77. The quantitative estimate of drug-likeness (QED) is 0.0631. The lowest BCUT2D eigenvalue weighted by molar-refractivity contribution is -0.368. The standard InChI is InChI=1S/2C18H39N.C6H10O4/c2*1-2-3-4-5-6-7-8-9-10-11-12-13-14-15-16-17-18-19;7-5(8)3-1-2-4-6(9)10/h2*2-19H2,1H3;1-4H2,(H,7,8)(H,9,10). The summed E-state index contributed by atoms with van der Waals surface area (Å²) in [4.78, 5) is 19.5. The second-order valence-corrected chi connectivity index (χ2v) is 14.3. The molecule has 0 aliphatic rings. The summed E-state index contributed by atoms with van der Waals surface area (Å²) in [6.45, 7) is 6.83. The van der Waals surface area contributed by atoms with Crippen molar-refractivity contribution >= 4 is 11.9 Å². The van der Waals surface area contributed by atoms with E-state index in [0.29, 0.717) is 12.8 Å². The van der Waals surface area contributed by atoms with E-state index >= 15 is 0 Å². The van der Waals surface area contributed by atoms with Gasteiger partial charge in [0.05, 0.1) is 13.1 Å². The number of aliphatic carboxylic acids is 2. The molecular weight excluding hydrogens is 596 g/mol. The van der Waals surface area contributed by atoms with Crippen molar-refractivity contribution in [2.45, 2.75) is 245 Å². The topological polar surface area (TPSA) is 136 Å². The first-order valence-corrected chi connectivity index (χ1v) is 21.4. The molecule has 0 aliphatic heterocycles. The molecule has 0 fully saturated rings. The zero-order valence-corrected chi connectivity index (χ0v) is 32.9. The summed E-state index contributed by atoms with van der Waals surface area (Å²) in [7, 11) is 0. The summed E-state index contributed by atoms with van der Waals surface area (Å²) in [6.07, 6.45) is 46.9. The van der Waals surface area contributed by atoms with Crippen molar-refractivity contribution in [3.8, 4) is 0 Å². The Balaban J connectivity index is -0.000000665. The average Bonchev–Trinajstić information content (AvgIpc) is 3.07. The number of quaternary nitrogens is 2. The predicted molar refractivity (Wildman–Crippen MR) is 203 cm³/mol. The molecule has 0 bridgehead atoms. The first-order valence-electron chi connectivity index (χ1n) is 21.4. The van der Waals surface area contributed by atoms with Gasteiger partial charge < -0.3 is 31.3 Å². The molecule has 0 heterocycles. The first kappa shape index (κ1) is 51.2. The third-order valence-corrected chi connectivity index (χ3v) is 9.22. The fourth-order valence-corrected chi connectivity index (χ4v) is 5.99. The van der Waals surface area contributed by atoms with Gasteiger partial charge in [0.25, 0.3) is 0 Å². The van der Waals surface area contributed by atoms with Gasteiger partial charge in [-0.25, -0.2) is 0 Å². The number of hydrogen-bond acceptors (Lipinski definition) is 4. The van der Waals surface area contributed by atoms with Gasteiger partial charge in [0, 0.05) is 11.9 Å². The van der Waals surface area contributed by atoms with Gasteiger partial charge in [0.2, 0.25) is 0 Å². The summed E-state index contributed by atoms with van der Waals surface area (Å²) in [5, 5.41) is 19.5. The third-order valence-electron chi connectivity index (χ3n) is 9.22. The number of unbranched alkanes of at least 4 members (excludes halogenated alkanes) is 31. The van der Waals surface area contributed by atoms with E-state index < -0.39 is 11.9 Å². The summed E-state index contributed by atoms with van der Waals surface area (Å²) >= 11 is 0. The van der Waals surface area contributed by atoms with Crippen molar-refractivity contribution in [3.63, 3.8) is 0 Å². The summed E-state index contributed by atoms with van der Waals surface area (Å²) in [5.41, 5.74) is 7.78. The second-order valence-electron chi connectivity index (χ2n) is 14.3. The molecule has 0 unspecified atom stereocenters. The second kappa shape index (κ2) is 50.2. The van der Waals surface area contributed by atoms with E-state index in [2.05, 4.69) is 25.3 Å². The van der Waals surface area contributed by atoms with E-state index in [1.54, 1.807) is 0 Å². The van der Waals surface area contributed by atoms with Crippen molar-refractivity contribution in [2.75, 3.05) is 13.1 Å². The van der Waals surface area contributed by atoms with Gasteiger partial charge in [-0.1, -0.05) is 194 Å². The van der Waals surface area contributed by atoms with Gasteiger partial charge in [-0.05, 0) is 51.4 Å². The number of carbonyl (C=O) groups is 2. The monoisotopic (exact) mass is 685 g/mol. The fraction of sp³-hybridized carbons (Fsp3) is 0.952. The highest BCUT2D eigenvalue weighted by atomic mass is 16.4. The van der Waals surface area contributed by atoms with Gasteiger partial charge in [-0.15, -0.1) is 0 Å². The minimum absolute atomic E-state index is 0.0761. The maximum Gasteiger partial charge on any atom is 0.0739 e. The largest absolute Gasteiger partial charge is 0.550 e. The van der Waals surface area contributed by atoms with Crippen LogP contribution in [-0.2, 0) is 9.59 Å². The van der Waals surface area contributed by atoms with Crippen LogP contribution in [0.25, 0.3) is 0 Å². The smallest absolute Gasteiger partial charge is 0.0739 e. The van der Waals surface area contributed by atoms with Crippen LogP contribution in [0.1, 0.15) is 245 Å². The lowest BCUT2D eigenvalue weighted by Gasteiger charge is -2.03. The van der Waals surface area contributed by atoms with Crippen molar-refractivity contribution in [3.05, 3.63) is 0 Å². The van der Waals surface area contributed by atoms with Gasteiger partial charge in [-0.3, -0.25) is 0 Å². The number of rotatable bonds is 37. The molecule has 0 aromatic rings. The van der Waals surface area contributed by atoms with Gasteiger partial charge in [-0.2, -0.15) is 0 Å². The van der Waals surface area contributed by atoms with Gasteiger partial charge >= 0.3 is 0 Å². The molecule has 6 nitrogen and oxygen atoms in total. The zero-order valence-electron chi connectivity index (χ0n) is 32.9. The molecule has 0 saturated heterocycles. The first-order chi connectivity index (χ1) is 23.5. The summed E-state index contributed by atoms with van der Waals surface area (Å²) in [5.74, 6) is -2.28. The highest BCUT2D eigenvalue weighted by Gasteiger charge is 1.96. The summed E-state index contributed by atoms with van der Waals surface area (Å²) < 4.78 is 0. The lowest BCUT2D eigenvalue weighted by Crippen LogP contribution is -2.50. The molecule has 0 spiro atoms. The van der Waals surface area contributed by atoms with Crippen LogP contribution in [0.3, 0.4) is 0 Å². The molecule has 0 rings (SSSR count). The lowest BCUT2D eigenvalue weighted by atomic mass is 10.0. The Morgan fingerprint density at radius 3 is 0.625 bits per heavy atom. The third kappa shape index (κ3) is 60.2.